The van der Waals surface area contributed by atoms with Gasteiger partial charge in [-0.2, -0.15) is 0 Å². The summed E-state index contributed by atoms with van der Waals surface area (Å²) >= 11 is 0. The van der Waals surface area contributed by atoms with Crippen LogP contribution in [0.25, 0.3) is 0 Å². The molecule has 2 nitrogen and oxygen atoms in total. The van der Waals surface area contributed by atoms with E-state index in [0.717, 1.165) is 31.6 Å². The quantitative estimate of drug-likeness (QED) is 0.822. The van der Waals surface area contributed by atoms with E-state index in [4.69, 9.17) is 0 Å². The van der Waals surface area contributed by atoms with Gasteiger partial charge in [-0.3, -0.25) is 0 Å². The Hall–Kier alpha value is -1.16. The molecule has 2 rings (SSSR count). The van der Waals surface area contributed by atoms with E-state index in [2.05, 4.69) is 23.2 Å². The minimum absolute atomic E-state index is 0.225. The SMILES string of the molecule is CC1CCCCN1CCCNc1cc(F)[c]cc1F. The van der Waals surface area contributed by atoms with Crippen LogP contribution < -0.4 is 5.32 Å². The van der Waals surface area contributed by atoms with Crippen LogP contribution in [-0.4, -0.2) is 30.6 Å². The zero-order valence-corrected chi connectivity index (χ0v) is 11.4. The smallest absolute Gasteiger partial charge is 0.147 e. The highest BCUT2D eigenvalue weighted by Gasteiger charge is 2.17. The van der Waals surface area contributed by atoms with Crippen molar-refractivity contribution in [2.75, 3.05) is 25.0 Å². The summed E-state index contributed by atoms with van der Waals surface area (Å²) in [4.78, 5) is 2.47. The predicted octanol–water partition coefficient (Wildman–Crippen LogP) is 3.44. The summed E-state index contributed by atoms with van der Waals surface area (Å²) in [5, 5.41) is 2.95. The first-order chi connectivity index (χ1) is 9.16. The van der Waals surface area contributed by atoms with Crippen LogP contribution in [0.4, 0.5) is 14.5 Å². The number of benzene rings is 1. The van der Waals surface area contributed by atoms with Crippen molar-refractivity contribution >= 4 is 5.69 Å². The third-order valence-corrected chi connectivity index (χ3v) is 3.74. The Balaban J connectivity index is 1.73. The maximum Gasteiger partial charge on any atom is 0.147 e. The molecule has 4 heteroatoms. The van der Waals surface area contributed by atoms with Crippen molar-refractivity contribution in [3.05, 3.63) is 29.8 Å². The van der Waals surface area contributed by atoms with E-state index >= 15 is 0 Å². The average molecular weight is 267 g/mol. The molecule has 1 fully saturated rings. The molecular weight excluding hydrogens is 246 g/mol. The fourth-order valence-corrected chi connectivity index (χ4v) is 2.58. The van der Waals surface area contributed by atoms with Crippen LogP contribution in [0.2, 0.25) is 0 Å². The molecule has 1 heterocycles. The molecule has 1 aliphatic rings. The van der Waals surface area contributed by atoms with Crippen molar-refractivity contribution in [3.8, 4) is 0 Å². The minimum atomic E-state index is -0.534. The molecule has 0 saturated carbocycles. The lowest BCUT2D eigenvalue weighted by atomic mass is 10.0. The van der Waals surface area contributed by atoms with Crippen LogP contribution in [0.5, 0.6) is 0 Å². The number of nitrogens with one attached hydrogen (secondary N) is 1. The molecule has 1 aliphatic heterocycles. The van der Waals surface area contributed by atoms with Crippen LogP contribution >= 0.6 is 0 Å². The molecule has 0 spiro atoms. The topological polar surface area (TPSA) is 15.3 Å². The highest BCUT2D eigenvalue weighted by molar-refractivity contribution is 5.44. The molecule has 0 amide bonds. The molecule has 0 bridgehead atoms. The van der Waals surface area contributed by atoms with Gasteiger partial charge in [0.05, 0.1) is 5.69 Å². The van der Waals surface area contributed by atoms with E-state index in [0.29, 0.717) is 12.6 Å². The molecule has 19 heavy (non-hydrogen) atoms. The molecular formula is C15H21F2N2. The molecule has 1 aromatic rings. The molecule has 0 aliphatic carbocycles. The monoisotopic (exact) mass is 267 g/mol. The first kappa shape index (κ1) is 14.3. The molecule has 1 unspecified atom stereocenters. The van der Waals surface area contributed by atoms with E-state index < -0.39 is 11.6 Å². The highest BCUT2D eigenvalue weighted by atomic mass is 19.1. The van der Waals surface area contributed by atoms with Crippen LogP contribution in [0, 0.1) is 17.7 Å². The van der Waals surface area contributed by atoms with E-state index in [1.807, 2.05) is 0 Å². The van der Waals surface area contributed by atoms with Crippen LogP contribution in [0.15, 0.2) is 12.1 Å². The van der Waals surface area contributed by atoms with Gasteiger partial charge in [0, 0.05) is 31.3 Å². The normalized spacial score (nSPS) is 20.5. The molecule has 1 radical (unpaired) electrons. The first-order valence-electron chi connectivity index (χ1n) is 7.01. The number of anilines is 1. The van der Waals surface area contributed by atoms with Crippen molar-refractivity contribution in [1.82, 2.24) is 4.90 Å². The Morgan fingerprint density at radius 1 is 1.42 bits per heavy atom. The molecule has 1 aromatic carbocycles. The summed E-state index contributed by atoms with van der Waals surface area (Å²) in [5.74, 6) is -0.985. The fourth-order valence-electron chi connectivity index (χ4n) is 2.58. The summed E-state index contributed by atoms with van der Waals surface area (Å²) < 4.78 is 26.3. The maximum atomic E-state index is 13.3. The van der Waals surface area contributed by atoms with Gasteiger partial charge in [-0.15, -0.1) is 0 Å². The lowest BCUT2D eigenvalue weighted by molar-refractivity contribution is 0.160. The van der Waals surface area contributed by atoms with E-state index in [9.17, 15) is 8.78 Å². The Kier molecular flexibility index (Phi) is 5.14. The zero-order valence-electron chi connectivity index (χ0n) is 11.4. The average Bonchev–Trinajstić information content (AvgIpc) is 2.40. The summed E-state index contributed by atoms with van der Waals surface area (Å²) in [6.45, 7) is 5.08. The van der Waals surface area contributed by atoms with E-state index in [-0.39, 0.29) is 5.69 Å². The van der Waals surface area contributed by atoms with Gasteiger partial charge < -0.3 is 10.2 Å². The first-order valence-corrected chi connectivity index (χ1v) is 7.01. The van der Waals surface area contributed by atoms with Gasteiger partial charge in [-0.25, -0.2) is 8.78 Å². The molecule has 1 saturated heterocycles. The van der Waals surface area contributed by atoms with Gasteiger partial charge in [0.15, 0.2) is 0 Å². The second-order valence-electron chi connectivity index (χ2n) is 5.20. The number of nitrogens with zero attached hydrogens (tertiary/aromatic N) is 1. The summed E-state index contributed by atoms with van der Waals surface area (Å²) in [6.07, 6.45) is 4.79. The Morgan fingerprint density at radius 2 is 2.26 bits per heavy atom. The Bertz CT molecular complexity index is 409. The summed E-state index contributed by atoms with van der Waals surface area (Å²) in [5.41, 5.74) is 0.225. The van der Waals surface area contributed by atoms with Crippen LogP contribution in [0.3, 0.4) is 0 Å². The lowest BCUT2D eigenvalue weighted by Gasteiger charge is -2.33. The lowest BCUT2D eigenvalue weighted by Crippen LogP contribution is -2.38. The molecule has 1 N–H and O–H groups in total. The summed E-state index contributed by atoms with van der Waals surface area (Å²) in [7, 11) is 0. The second kappa shape index (κ2) is 6.85. The second-order valence-corrected chi connectivity index (χ2v) is 5.20. The largest absolute Gasteiger partial charge is 0.383 e. The predicted molar refractivity (Wildman–Crippen MR) is 73.2 cm³/mol. The molecule has 0 aromatic heterocycles. The van der Waals surface area contributed by atoms with E-state index in [1.54, 1.807) is 0 Å². The van der Waals surface area contributed by atoms with Crippen molar-refractivity contribution in [2.45, 2.75) is 38.6 Å². The number of likely N-dealkylation sites (tertiary alicyclic amines) is 1. The van der Waals surface area contributed by atoms with Crippen LogP contribution in [0.1, 0.15) is 32.6 Å². The molecule has 105 valence electrons. The standard InChI is InChI=1S/C15H21F2N2/c1-12-5-2-3-9-19(12)10-4-8-18-15-11-13(16)6-7-14(15)17/h7,11-12,18H,2-5,8-10H2,1H3. The Morgan fingerprint density at radius 3 is 3.05 bits per heavy atom. The van der Waals surface area contributed by atoms with Crippen molar-refractivity contribution in [3.63, 3.8) is 0 Å². The van der Waals surface area contributed by atoms with Crippen molar-refractivity contribution in [2.24, 2.45) is 0 Å². The van der Waals surface area contributed by atoms with Gasteiger partial charge in [0.2, 0.25) is 0 Å². The van der Waals surface area contributed by atoms with Crippen molar-refractivity contribution in [1.29, 1.82) is 0 Å². The van der Waals surface area contributed by atoms with Gasteiger partial charge in [-0.05, 0) is 38.8 Å². The van der Waals surface area contributed by atoms with E-state index in [1.165, 1.54) is 19.3 Å². The van der Waals surface area contributed by atoms with Gasteiger partial charge in [0.25, 0.3) is 0 Å². The van der Waals surface area contributed by atoms with Crippen LogP contribution in [-0.2, 0) is 0 Å². The third-order valence-electron chi connectivity index (χ3n) is 3.74. The third kappa shape index (κ3) is 4.16. The molecule has 1 atom stereocenters. The number of rotatable bonds is 5. The number of hydrogen-bond acceptors (Lipinski definition) is 2. The van der Waals surface area contributed by atoms with Gasteiger partial charge in [0.1, 0.15) is 11.6 Å². The zero-order chi connectivity index (χ0) is 13.7. The number of halogens is 2. The Labute approximate surface area is 113 Å². The highest BCUT2D eigenvalue weighted by Crippen LogP contribution is 2.17. The minimum Gasteiger partial charge on any atom is -0.383 e. The number of hydrogen-bond donors (Lipinski definition) is 1. The maximum absolute atomic E-state index is 13.3. The van der Waals surface area contributed by atoms with Gasteiger partial charge in [-0.1, -0.05) is 6.42 Å². The number of piperidine rings is 1. The van der Waals surface area contributed by atoms with Crippen molar-refractivity contribution < 1.29 is 8.78 Å². The van der Waals surface area contributed by atoms with Gasteiger partial charge >= 0.3 is 0 Å². The summed E-state index contributed by atoms with van der Waals surface area (Å²) in [6, 6.07) is 5.03. The fraction of sp³-hybridized carbons (Fsp3) is 0.600.